The Morgan fingerprint density at radius 2 is 1.78 bits per heavy atom. The first-order valence-electron chi connectivity index (χ1n) is 10.6. The fraction of sp³-hybridized carbons (Fsp3) is 0.222. The molecule has 32 heavy (non-hydrogen) atoms. The number of aromatic nitrogens is 1. The minimum absolute atomic E-state index is 0.168. The van der Waals surface area contributed by atoms with Gasteiger partial charge in [0.05, 0.1) is 11.8 Å². The van der Waals surface area contributed by atoms with Gasteiger partial charge < -0.3 is 9.84 Å². The summed E-state index contributed by atoms with van der Waals surface area (Å²) < 4.78 is 34.7. The number of ether oxygens (including phenoxy) is 1. The Balaban J connectivity index is 1.72. The molecule has 0 aliphatic rings. The molecule has 0 radical (unpaired) electrons. The molecule has 0 saturated heterocycles. The second kappa shape index (κ2) is 11.3. The lowest BCUT2D eigenvalue weighted by atomic mass is 10.0. The predicted octanol–water partition coefficient (Wildman–Crippen LogP) is 6.82. The van der Waals surface area contributed by atoms with Crippen LogP contribution in [0.4, 0.5) is 8.78 Å². The number of pyridine rings is 1. The van der Waals surface area contributed by atoms with E-state index >= 15 is 0 Å². The molecule has 2 aromatic carbocycles. The predicted molar refractivity (Wildman–Crippen MR) is 125 cm³/mol. The summed E-state index contributed by atoms with van der Waals surface area (Å²) in [4.78, 5) is 4.41. The highest BCUT2D eigenvalue weighted by molar-refractivity contribution is 5.69. The SMILES string of the molecule is C=CCOc1ccc(-c2ccc(-c3ccc(C=CCCCC(C)O)c(F)c3F)cn2)cc1. The van der Waals surface area contributed by atoms with Crippen LogP contribution in [0.2, 0.25) is 0 Å². The van der Waals surface area contributed by atoms with E-state index in [1.54, 1.807) is 55.6 Å². The Morgan fingerprint density at radius 1 is 1.03 bits per heavy atom. The molecule has 0 spiro atoms. The van der Waals surface area contributed by atoms with Gasteiger partial charge in [-0.3, -0.25) is 4.98 Å². The van der Waals surface area contributed by atoms with Gasteiger partial charge >= 0.3 is 0 Å². The smallest absolute Gasteiger partial charge is 0.167 e. The first kappa shape index (κ1) is 23.4. The van der Waals surface area contributed by atoms with Crippen molar-refractivity contribution in [1.29, 1.82) is 0 Å². The summed E-state index contributed by atoms with van der Waals surface area (Å²) in [6, 6.07) is 14.1. The quantitative estimate of drug-likeness (QED) is 0.281. The molecule has 0 amide bonds. The highest BCUT2D eigenvalue weighted by Crippen LogP contribution is 2.28. The number of halogens is 2. The lowest BCUT2D eigenvalue weighted by Crippen LogP contribution is -1.97. The highest BCUT2D eigenvalue weighted by Gasteiger charge is 2.14. The molecular formula is C27H27F2NO2. The van der Waals surface area contributed by atoms with Gasteiger partial charge in [-0.1, -0.05) is 43.0 Å². The van der Waals surface area contributed by atoms with E-state index in [0.717, 1.165) is 23.4 Å². The highest BCUT2D eigenvalue weighted by atomic mass is 19.2. The fourth-order valence-electron chi connectivity index (χ4n) is 3.26. The molecule has 0 fully saturated rings. The Kier molecular flexibility index (Phi) is 8.28. The van der Waals surface area contributed by atoms with Gasteiger partial charge in [-0.05, 0) is 56.5 Å². The maximum atomic E-state index is 14.7. The van der Waals surface area contributed by atoms with Crippen LogP contribution in [0.25, 0.3) is 28.5 Å². The van der Waals surface area contributed by atoms with Gasteiger partial charge in [0.1, 0.15) is 12.4 Å². The molecule has 1 unspecified atom stereocenters. The molecule has 3 rings (SSSR count). The summed E-state index contributed by atoms with van der Waals surface area (Å²) in [7, 11) is 0. The number of aliphatic hydroxyl groups is 1. The van der Waals surface area contributed by atoms with Crippen molar-refractivity contribution < 1.29 is 18.6 Å². The summed E-state index contributed by atoms with van der Waals surface area (Å²) in [5.41, 5.74) is 2.49. The molecule has 0 saturated carbocycles. The normalized spacial score (nSPS) is 12.1. The van der Waals surface area contributed by atoms with Crippen LogP contribution in [0.5, 0.6) is 5.75 Å². The van der Waals surface area contributed by atoms with Crippen LogP contribution < -0.4 is 4.74 Å². The standard InChI is InChI=1S/C27H27F2NO2/c1-3-17-32-23-13-9-20(10-14-23)25-16-12-22(18-30-25)24-15-11-21(26(28)27(24)29)8-6-4-5-7-19(2)31/h3,6,8-16,18-19,31H,1,4-5,7,17H2,2H3. The van der Waals surface area contributed by atoms with Crippen molar-refractivity contribution in [3.05, 3.63) is 90.7 Å². The van der Waals surface area contributed by atoms with Gasteiger partial charge in [0.2, 0.25) is 0 Å². The molecule has 1 N–H and O–H groups in total. The third kappa shape index (κ3) is 6.11. The number of nitrogens with zero attached hydrogens (tertiary/aromatic N) is 1. The largest absolute Gasteiger partial charge is 0.490 e. The molecular weight excluding hydrogens is 408 g/mol. The number of hydrogen-bond donors (Lipinski definition) is 1. The van der Waals surface area contributed by atoms with E-state index in [9.17, 15) is 13.9 Å². The van der Waals surface area contributed by atoms with E-state index in [1.165, 1.54) is 0 Å². The molecule has 0 bridgehead atoms. The number of allylic oxidation sites excluding steroid dienone is 1. The average Bonchev–Trinajstić information content (AvgIpc) is 2.80. The molecule has 0 aliphatic carbocycles. The number of rotatable bonds is 10. The topological polar surface area (TPSA) is 42.4 Å². The zero-order valence-corrected chi connectivity index (χ0v) is 18.1. The van der Waals surface area contributed by atoms with E-state index in [4.69, 9.17) is 4.74 Å². The van der Waals surface area contributed by atoms with E-state index < -0.39 is 11.6 Å². The first-order valence-corrected chi connectivity index (χ1v) is 10.6. The van der Waals surface area contributed by atoms with Crippen LogP contribution in [0.3, 0.4) is 0 Å². The summed E-state index contributed by atoms with van der Waals surface area (Å²) in [5, 5.41) is 9.26. The minimum Gasteiger partial charge on any atom is -0.490 e. The third-order valence-electron chi connectivity index (χ3n) is 4.99. The van der Waals surface area contributed by atoms with Crippen molar-refractivity contribution in [3.8, 4) is 28.1 Å². The van der Waals surface area contributed by atoms with Crippen LogP contribution >= 0.6 is 0 Å². The molecule has 3 nitrogen and oxygen atoms in total. The Morgan fingerprint density at radius 3 is 2.44 bits per heavy atom. The maximum absolute atomic E-state index is 14.7. The first-order chi connectivity index (χ1) is 15.5. The Bertz CT molecular complexity index is 1060. The molecule has 1 atom stereocenters. The molecule has 5 heteroatoms. The van der Waals surface area contributed by atoms with Gasteiger partial charge in [-0.15, -0.1) is 0 Å². The molecule has 1 heterocycles. The molecule has 0 aliphatic heterocycles. The monoisotopic (exact) mass is 435 g/mol. The number of hydrogen-bond acceptors (Lipinski definition) is 3. The maximum Gasteiger partial charge on any atom is 0.167 e. The van der Waals surface area contributed by atoms with Gasteiger partial charge in [0.15, 0.2) is 11.6 Å². The Hall–Kier alpha value is -3.31. The lowest BCUT2D eigenvalue weighted by molar-refractivity contribution is 0.182. The van der Waals surface area contributed by atoms with E-state index in [1.807, 2.05) is 24.3 Å². The lowest BCUT2D eigenvalue weighted by Gasteiger charge is -2.08. The molecule has 1 aromatic heterocycles. The summed E-state index contributed by atoms with van der Waals surface area (Å²) in [6.07, 6.45) is 8.40. The number of unbranched alkanes of at least 4 members (excludes halogenated alkanes) is 1. The summed E-state index contributed by atoms with van der Waals surface area (Å²) in [5.74, 6) is -1.04. The zero-order valence-electron chi connectivity index (χ0n) is 18.1. The van der Waals surface area contributed by atoms with Gasteiger partial charge in [-0.25, -0.2) is 8.78 Å². The second-order valence-electron chi connectivity index (χ2n) is 7.57. The van der Waals surface area contributed by atoms with Crippen molar-refractivity contribution in [2.24, 2.45) is 0 Å². The summed E-state index contributed by atoms with van der Waals surface area (Å²) >= 11 is 0. The van der Waals surface area contributed by atoms with E-state index in [2.05, 4.69) is 11.6 Å². The Labute approximate surface area is 187 Å². The van der Waals surface area contributed by atoms with E-state index in [0.29, 0.717) is 25.0 Å². The van der Waals surface area contributed by atoms with Crippen molar-refractivity contribution in [3.63, 3.8) is 0 Å². The van der Waals surface area contributed by atoms with Crippen molar-refractivity contribution in [2.45, 2.75) is 32.3 Å². The van der Waals surface area contributed by atoms with Gasteiger partial charge in [0, 0.05) is 28.5 Å². The fourth-order valence-corrected chi connectivity index (χ4v) is 3.26. The third-order valence-corrected chi connectivity index (χ3v) is 4.99. The van der Waals surface area contributed by atoms with Crippen LogP contribution in [-0.2, 0) is 0 Å². The molecule has 3 aromatic rings. The average molecular weight is 436 g/mol. The van der Waals surface area contributed by atoms with Crippen LogP contribution in [0.15, 0.2) is 73.5 Å². The van der Waals surface area contributed by atoms with Crippen molar-refractivity contribution in [2.75, 3.05) is 6.61 Å². The van der Waals surface area contributed by atoms with Crippen LogP contribution in [-0.4, -0.2) is 22.8 Å². The van der Waals surface area contributed by atoms with Gasteiger partial charge in [0.25, 0.3) is 0 Å². The zero-order chi connectivity index (χ0) is 22.9. The van der Waals surface area contributed by atoms with E-state index in [-0.39, 0.29) is 17.2 Å². The van der Waals surface area contributed by atoms with Crippen LogP contribution in [0, 0.1) is 11.6 Å². The van der Waals surface area contributed by atoms with Crippen molar-refractivity contribution >= 4 is 6.08 Å². The van der Waals surface area contributed by atoms with Crippen LogP contribution in [0.1, 0.15) is 31.7 Å². The minimum atomic E-state index is -0.894. The number of aliphatic hydroxyl groups excluding tert-OH is 1. The van der Waals surface area contributed by atoms with Crippen molar-refractivity contribution in [1.82, 2.24) is 4.98 Å². The molecule has 166 valence electrons. The van der Waals surface area contributed by atoms with Gasteiger partial charge in [-0.2, -0.15) is 0 Å². The second-order valence-corrected chi connectivity index (χ2v) is 7.57. The summed E-state index contributed by atoms with van der Waals surface area (Å²) in [6.45, 7) is 5.79. The number of benzene rings is 2.